The maximum Gasteiger partial charge on any atom is 0.407 e. The number of pyridine rings is 3. The van der Waals surface area contributed by atoms with Gasteiger partial charge in [0, 0.05) is 42.5 Å². The van der Waals surface area contributed by atoms with Gasteiger partial charge in [0.05, 0.1) is 23.4 Å². The molecular formula is C23H26ClN5O3. The van der Waals surface area contributed by atoms with E-state index in [9.17, 15) is 9.90 Å². The molecule has 0 spiro atoms. The van der Waals surface area contributed by atoms with Crippen molar-refractivity contribution in [2.75, 3.05) is 18.0 Å². The van der Waals surface area contributed by atoms with E-state index in [0.29, 0.717) is 24.7 Å². The molecule has 9 heteroatoms. The maximum absolute atomic E-state index is 12.0. The summed E-state index contributed by atoms with van der Waals surface area (Å²) in [7, 11) is 0. The van der Waals surface area contributed by atoms with Crippen LogP contribution in [-0.4, -0.2) is 57.0 Å². The van der Waals surface area contributed by atoms with E-state index in [0.717, 1.165) is 28.0 Å². The molecule has 32 heavy (non-hydrogen) atoms. The van der Waals surface area contributed by atoms with Crippen molar-refractivity contribution in [1.82, 2.24) is 20.3 Å². The van der Waals surface area contributed by atoms with Gasteiger partial charge in [-0.05, 0) is 51.5 Å². The Morgan fingerprint density at radius 2 is 2.09 bits per heavy atom. The minimum absolute atomic E-state index is 0.356. The number of fused-ring (bicyclic) bond motifs is 1. The van der Waals surface area contributed by atoms with Gasteiger partial charge in [0.1, 0.15) is 16.6 Å². The lowest BCUT2D eigenvalue weighted by atomic mass is 10.0. The number of halogens is 1. The van der Waals surface area contributed by atoms with Crippen LogP contribution in [0.25, 0.3) is 22.2 Å². The summed E-state index contributed by atoms with van der Waals surface area (Å²) in [5.41, 5.74) is 1.74. The minimum Gasteiger partial charge on any atom is -0.444 e. The summed E-state index contributed by atoms with van der Waals surface area (Å²) >= 11 is 6.18. The van der Waals surface area contributed by atoms with E-state index in [1.165, 1.54) is 0 Å². The summed E-state index contributed by atoms with van der Waals surface area (Å²) in [5, 5.41) is 14.6. The lowest BCUT2D eigenvalue weighted by Crippen LogP contribution is -2.55. The van der Waals surface area contributed by atoms with Crippen LogP contribution in [0.3, 0.4) is 0 Å². The molecule has 2 N–H and O–H groups in total. The Morgan fingerprint density at radius 3 is 2.78 bits per heavy atom. The molecule has 4 heterocycles. The first-order valence-corrected chi connectivity index (χ1v) is 10.9. The Kier molecular flexibility index (Phi) is 6.17. The van der Waals surface area contributed by atoms with Crippen molar-refractivity contribution in [3.05, 3.63) is 47.9 Å². The van der Waals surface area contributed by atoms with Gasteiger partial charge in [0.25, 0.3) is 0 Å². The molecule has 0 aliphatic carbocycles. The van der Waals surface area contributed by atoms with Crippen molar-refractivity contribution < 1.29 is 14.6 Å². The van der Waals surface area contributed by atoms with Crippen molar-refractivity contribution in [3.63, 3.8) is 0 Å². The molecule has 168 valence electrons. The zero-order valence-corrected chi connectivity index (χ0v) is 19.0. The first-order chi connectivity index (χ1) is 15.2. The minimum atomic E-state index is -0.734. The number of hydrogen-bond acceptors (Lipinski definition) is 7. The Morgan fingerprint density at radius 1 is 1.28 bits per heavy atom. The number of rotatable bonds is 3. The number of carbonyl (C=O) groups excluding carboxylic acids is 1. The van der Waals surface area contributed by atoms with Gasteiger partial charge in [-0.25, -0.2) is 14.8 Å². The van der Waals surface area contributed by atoms with E-state index >= 15 is 0 Å². The Labute approximate surface area is 191 Å². The molecule has 0 radical (unpaired) electrons. The fourth-order valence-corrected chi connectivity index (χ4v) is 3.93. The quantitative estimate of drug-likeness (QED) is 0.579. The van der Waals surface area contributed by atoms with Crippen LogP contribution in [0.15, 0.2) is 42.7 Å². The van der Waals surface area contributed by atoms with E-state index in [1.807, 2.05) is 29.2 Å². The number of aliphatic hydroxyl groups excluding tert-OH is 1. The molecule has 0 unspecified atom stereocenters. The standard InChI is InChI=1S/C23H26ClN5O3/c1-23(2,3)32-22(31)27-16-8-10-29(13-18(16)30)20-7-6-14(12-26-20)21-15-5-4-9-25-17(15)11-19(24)28-21/h4-7,9,11-12,16,18,30H,8,10,13H2,1-3H3,(H,27,31)/t16-,18-/m0/s1. The Balaban J connectivity index is 1.45. The SMILES string of the molecule is CC(C)(C)OC(=O)N[C@H]1CCN(c2ccc(-c3nc(Cl)cc4ncccc34)cn2)C[C@@H]1O. The molecule has 1 aliphatic heterocycles. The smallest absolute Gasteiger partial charge is 0.407 e. The molecule has 8 nitrogen and oxygen atoms in total. The highest BCUT2D eigenvalue weighted by atomic mass is 35.5. The van der Waals surface area contributed by atoms with Crippen molar-refractivity contribution in [1.29, 1.82) is 0 Å². The van der Waals surface area contributed by atoms with E-state index in [-0.39, 0.29) is 6.04 Å². The summed E-state index contributed by atoms with van der Waals surface area (Å²) in [6.07, 6.45) is 2.79. The molecule has 1 amide bonds. The number of aliphatic hydroxyl groups is 1. The molecule has 1 fully saturated rings. The number of carbonyl (C=O) groups is 1. The number of piperidine rings is 1. The van der Waals surface area contributed by atoms with Gasteiger partial charge in [-0.3, -0.25) is 4.98 Å². The second kappa shape index (κ2) is 8.88. The summed E-state index contributed by atoms with van der Waals surface area (Å²) < 4.78 is 5.29. The molecule has 1 saturated heterocycles. The van der Waals surface area contributed by atoms with E-state index in [2.05, 4.69) is 20.3 Å². The van der Waals surface area contributed by atoms with Gasteiger partial charge in [0.2, 0.25) is 0 Å². The van der Waals surface area contributed by atoms with Gasteiger partial charge in [0.15, 0.2) is 0 Å². The predicted molar refractivity (Wildman–Crippen MR) is 124 cm³/mol. The molecule has 3 aromatic rings. The van der Waals surface area contributed by atoms with Gasteiger partial charge in [-0.15, -0.1) is 0 Å². The molecule has 0 saturated carbocycles. The second-order valence-electron chi connectivity index (χ2n) is 8.82. The largest absolute Gasteiger partial charge is 0.444 e. The third kappa shape index (κ3) is 5.08. The van der Waals surface area contributed by atoms with E-state index in [1.54, 1.807) is 39.2 Å². The van der Waals surface area contributed by atoms with Crippen molar-refractivity contribution in [2.24, 2.45) is 0 Å². The van der Waals surface area contributed by atoms with E-state index in [4.69, 9.17) is 16.3 Å². The number of ether oxygens (including phenoxy) is 1. The number of β-amino-alcohol motifs (C(OH)–C–C–N with tert-alkyl or cyclic N) is 1. The topological polar surface area (TPSA) is 100 Å². The van der Waals surface area contributed by atoms with Crippen LogP contribution in [-0.2, 0) is 4.74 Å². The van der Waals surface area contributed by atoms with Gasteiger partial charge in [-0.1, -0.05) is 11.6 Å². The average Bonchev–Trinajstić information content (AvgIpc) is 2.73. The van der Waals surface area contributed by atoms with Crippen LogP contribution in [0.2, 0.25) is 5.15 Å². The molecule has 0 bridgehead atoms. The Bertz CT molecular complexity index is 1120. The third-order valence-electron chi connectivity index (χ3n) is 5.20. The summed E-state index contributed by atoms with van der Waals surface area (Å²) in [6.45, 7) is 6.42. The summed E-state index contributed by atoms with van der Waals surface area (Å²) in [6, 6.07) is 9.02. The second-order valence-corrected chi connectivity index (χ2v) is 9.21. The van der Waals surface area contributed by atoms with Crippen molar-refractivity contribution >= 4 is 34.4 Å². The summed E-state index contributed by atoms with van der Waals surface area (Å²) in [5.74, 6) is 0.743. The van der Waals surface area contributed by atoms with Crippen LogP contribution in [0.5, 0.6) is 0 Å². The number of alkyl carbamates (subject to hydrolysis) is 1. The molecule has 4 rings (SSSR count). The van der Waals surface area contributed by atoms with Crippen molar-refractivity contribution in [2.45, 2.75) is 44.9 Å². The molecule has 3 aromatic heterocycles. The van der Waals surface area contributed by atoms with Crippen LogP contribution in [0.4, 0.5) is 10.6 Å². The Hall–Kier alpha value is -2.97. The fourth-order valence-electron chi connectivity index (χ4n) is 3.75. The van der Waals surface area contributed by atoms with Gasteiger partial charge >= 0.3 is 6.09 Å². The maximum atomic E-state index is 12.0. The van der Waals surface area contributed by atoms with Crippen LogP contribution < -0.4 is 10.2 Å². The lowest BCUT2D eigenvalue weighted by molar-refractivity contribution is 0.0402. The highest BCUT2D eigenvalue weighted by Gasteiger charge is 2.31. The highest BCUT2D eigenvalue weighted by Crippen LogP contribution is 2.29. The van der Waals surface area contributed by atoms with Crippen LogP contribution in [0, 0.1) is 0 Å². The first kappa shape index (κ1) is 22.2. The van der Waals surface area contributed by atoms with Crippen molar-refractivity contribution in [3.8, 4) is 11.3 Å². The number of amides is 1. The number of hydrogen-bond donors (Lipinski definition) is 2. The monoisotopic (exact) mass is 455 g/mol. The molecular weight excluding hydrogens is 430 g/mol. The van der Waals surface area contributed by atoms with Crippen LogP contribution >= 0.6 is 11.6 Å². The zero-order valence-electron chi connectivity index (χ0n) is 18.2. The molecule has 1 aliphatic rings. The predicted octanol–water partition coefficient (Wildman–Crippen LogP) is 3.81. The van der Waals surface area contributed by atoms with Crippen LogP contribution in [0.1, 0.15) is 27.2 Å². The van der Waals surface area contributed by atoms with Gasteiger partial charge < -0.3 is 20.1 Å². The molecule has 2 atom stereocenters. The number of nitrogens with zero attached hydrogens (tertiary/aromatic N) is 4. The highest BCUT2D eigenvalue weighted by molar-refractivity contribution is 6.30. The normalized spacial score (nSPS) is 19.1. The first-order valence-electron chi connectivity index (χ1n) is 10.5. The van der Waals surface area contributed by atoms with E-state index < -0.39 is 17.8 Å². The average molecular weight is 456 g/mol. The summed E-state index contributed by atoms with van der Waals surface area (Å²) in [4.78, 5) is 27.4. The number of anilines is 1. The number of aromatic nitrogens is 3. The zero-order chi connectivity index (χ0) is 22.9. The molecule has 0 aromatic carbocycles. The lowest BCUT2D eigenvalue weighted by Gasteiger charge is -2.37. The third-order valence-corrected chi connectivity index (χ3v) is 5.39. The van der Waals surface area contributed by atoms with Gasteiger partial charge in [-0.2, -0.15) is 0 Å². The fraction of sp³-hybridized carbons (Fsp3) is 0.391. The number of nitrogens with one attached hydrogen (secondary N) is 1.